The lowest BCUT2D eigenvalue weighted by molar-refractivity contribution is -0.132. The maximum Gasteiger partial charge on any atom is 0.239 e. The lowest BCUT2D eigenvalue weighted by Gasteiger charge is -2.27. The number of nitrogens with zero attached hydrogens (tertiary/aromatic N) is 1. The van der Waals surface area contributed by atoms with Gasteiger partial charge >= 0.3 is 0 Å². The molecule has 0 heterocycles. The Kier molecular flexibility index (Phi) is 5.59. The molecule has 98 valence electrons. The number of hydrogen-bond donors (Lipinski definition) is 1. The Labute approximate surface area is 109 Å². The van der Waals surface area contributed by atoms with Gasteiger partial charge in [-0.15, -0.1) is 6.58 Å². The predicted molar refractivity (Wildman–Crippen MR) is 75.2 cm³/mol. The summed E-state index contributed by atoms with van der Waals surface area (Å²) in [6.07, 6.45) is 3.03. The molecule has 0 aliphatic carbocycles. The molecule has 1 aromatic carbocycles. The third-order valence-electron chi connectivity index (χ3n) is 3.12. The van der Waals surface area contributed by atoms with Gasteiger partial charge in [-0.2, -0.15) is 0 Å². The van der Waals surface area contributed by atoms with E-state index in [1.807, 2.05) is 25.1 Å². The SMILES string of the molecule is C=CCC(N)C(=O)N(C)C(C)Cc1ccccc1. The van der Waals surface area contributed by atoms with E-state index in [4.69, 9.17) is 5.73 Å². The molecule has 1 aromatic rings. The second kappa shape index (κ2) is 6.97. The van der Waals surface area contributed by atoms with Crippen LogP contribution in [0.2, 0.25) is 0 Å². The smallest absolute Gasteiger partial charge is 0.239 e. The van der Waals surface area contributed by atoms with Crippen LogP contribution in [-0.2, 0) is 11.2 Å². The van der Waals surface area contributed by atoms with E-state index in [0.717, 1.165) is 6.42 Å². The van der Waals surface area contributed by atoms with Crippen LogP contribution in [0.15, 0.2) is 43.0 Å². The molecule has 0 bridgehead atoms. The van der Waals surface area contributed by atoms with E-state index in [-0.39, 0.29) is 11.9 Å². The molecule has 2 atom stereocenters. The van der Waals surface area contributed by atoms with Gasteiger partial charge in [0.2, 0.25) is 5.91 Å². The molecule has 3 heteroatoms. The highest BCUT2D eigenvalue weighted by atomic mass is 16.2. The Morgan fingerprint density at radius 3 is 2.61 bits per heavy atom. The topological polar surface area (TPSA) is 46.3 Å². The Balaban J connectivity index is 2.58. The number of carbonyl (C=O) groups excluding carboxylic acids is 1. The van der Waals surface area contributed by atoms with Gasteiger partial charge in [0.15, 0.2) is 0 Å². The highest BCUT2D eigenvalue weighted by molar-refractivity contribution is 5.81. The van der Waals surface area contributed by atoms with Crippen molar-refractivity contribution in [3.8, 4) is 0 Å². The molecular formula is C15H22N2O. The summed E-state index contributed by atoms with van der Waals surface area (Å²) in [6.45, 7) is 5.64. The number of hydrogen-bond acceptors (Lipinski definition) is 2. The van der Waals surface area contributed by atoms with Crippen LogP contribution in [-0.4, -0.2) is 29.9 Å². The molecule has 0 aromatic heterocycles. The van der Waals surface area contributed by atoms with Gasteiger partial charge in [-0.05, 0) is 25.3 Å². The summed E-state index contributed by atoms with van der Waals surface area (Å²) in [7, 11) is 1.80. The van der Waals surface area contributed by atoms with Crippen LogP contribution in [0.5, 0.6) is 0 Å². The maximum atomic E-state index is 12.0. The first-order valence-electron chi connectivity index (χ1n) is 6.23. The molecule has 1 rings (SSSR count). The summed E-state index contributed by atoms with van der Waals surface area (Å²) in [4.78, 5) is 13.7. The van der Waals surface area contributed by atoms with E-state index >= 15 is 0 Å². The van der Waals surface area contributed by atoms with Crippen LogP contribution in [0, 0.1) is 0 Å². The first-order valence-corrected chi connectivity index (χ1v) is 6.23. The summed E-state index contributed by atoms with van der Waals surface area (Å²) in [5, 5.41) is 0. The van der Waals surface area contributed by atoms with Gasteiger partial charge < -0.3 is 10.6 Å². The molecule has 0 aliphatic heterocycles. The van der Waals surface area contributed by atoms with Gasteiger partial charge in [-0.3, -0.25) is 4.79 Å². The minimum atomic E-state index is -0.481. The zero-order chi connectivity index (χ0) is 13.5. The van der Waals surface area contributed by atoms with E-state index in [1.165, 1.54) is 5.56 Å². The van der Waals surface area contributed by atoms with Crippen molar-refractivity contribution in [1.82, 2.24) is 4.90 Å². The summed E-state index contributed by atoms with van der Waals surface area (Å²) < 4.78 is 0. The van der Waals surface area contributed by atoms with Gasteiger partial charge in [0.1, 0.15) is 0 Å². The first-order chi connectivity index (χ1) is 8.56. The van der Waals surface area contributed by atoms with Crippen LogP contribution >= 0.6 is 0 Å². The third kappa shape index (κ3) is 4.00. The molecule has 0 aliphatic rings. The van der Waals surface area contributed by atoms with Crippen molar-refractivity contribution in [1.29, 1.82) is 0 Å². The molecule has 0 radical (unpaired) electrons. The Morgan fingerprint density at radius 1 is 1.44 bits per heavy atom. The number of rotatable bonds is 6. The minimum Gasteiger partial charge on any atom is -0.341 e. The van der Waals surface area contributed by atoms with Crippen LogP contribution in [0.4, 0.5) is 0 Å². The quantitative estimate of drug-likeness (QED) is 0.780. The highest BCUT2D eigenvalue weighted by Crippen LogP contribution is 2.09. The summed E-state index contributed by atoms with van der Waals surface area (Å²) in [6, 6.07) is 9.79. The molecule has 3 nitrogen and oxygen atoms in total. The summed E-state index contributed by atoms with van der Waals surface area (Å²) in [5.41, 5.74) is 7.02. The number of nitrogens with two attached hydrogens (primary N) is 1. The molecule has 0 spiro atoms. The average Bonchev–Trinajstić information content (AvgIpc) is 2.38. The zero-order valence-electron chi connectivity index (χ0n) is 11.2. The molecule has 2 unspecified atom stereocenters. The Morgan fingerprint density at radius 2 is 2.06 bits per heavy atom. The summed E-state index contributed by atoms with van der Waals surface area (Å²) in [5.74, 6) is -0.0293. The van der Waals surface area contributed by atoms with Gasteiger partial charge in [0.25, 0.3) is 0 Å². The average molecular weight is 246 g/mol. The van der Waals surface area contributed by atoms with Crippen molar-refractivity contribution in [2.24, 2.45) is 5.73 Å². The molecule has 1 amide bonds. The molecule has 0 saturated carbocycles. The fourth-order valence-corrected chi connectivity index (χ4v) is 1.85. The largest absolute Gasteiger partial charge is 0.341 e. The lowest BCUT2D eigenvalue weighted by atomic mass is 10.1. The Bertz CT molecular complexity index is 389. The van der Waals surface area contributed by atoms with Gasteiger partial charge in [-0.1, -0.05) is 36.4 Å². The van der Waals surface area contributed by atoms with Crippen molar-refractivity contribution in [2.45, 2.75) is 31.8 Å². The predicted octanol–water partition coefficient (Wildman–Crippen LogP) is 1.98. The molecule has 0 saturated heterocycles. The van der Waals surface area contributed by atoms with Gasteiger partial charge in [0, 0.05) is 13.1 Å². The van der Waals surface area contributed by atoms with Crippen LogP contribution in [0.3, 0.4) is 0 Å². The summed E-state index contributed by atoms with van der Waals surface area (Å²) >= 11 is 0. The number of carbonyl (C=O) groups is 1. The minimum absolute atomic E-state index is 0.0293. The standard InChI is InChI=1S/C15H22N2O/c1-4-8-14(16)15(18)17(3)12(2)11-13-9-6-5-7-10-13/h4-7,9-10,12,14H,1,8,11,16H2,2-3H3. The van der Waals surface area contributed by atoms with Crippen molar-refractivity contribution < 1.29 is 4.79 Å². The third-order valence-corrected chi connectivity index (χ3v) is 3.12. The molecule has 18 heavy (non-hydrogen) atoms. The van der Waals surface area contributed by atoms with Crippen molar-refractivity contribution in [3.05, 3.63) is 48.6 Å². The van der Waals surface area contributed by atoms with E-state index in [2.05, 4.69) is 18.7 Å². The van der Waals surface area contributed by atoms with E-state index in [0.29, 0.717) is 6.42 Å². The Hall–Kier alpha value is -1.61. The van der Waals surface area contributed by atoms with Crippen molar-refractivity contribution >= 4 is 5.91 Å². The number of benzene rings is 1. The van der Waals surface area contributed by atoms with Crippen molar-refractivity contribution in [2.75, 3.05) is 7.05 Å². The normalized spacial score (nSPS) is 13.7. The fourth-order valence-electron chi connectivity index (χ4n) is 1.85. The number of likely N-dealkylation sites (N-methyl/N-ethyl adjacent to an activating group) is 1. The van der Waals surface area contributed by atoms with Crippen LogP contribution in [0.1, 0.15) is 18.9 Å². The fraction of sp³-hybridized carbons (Fsp3) is 0.400. The second-order valence-corrected chi connectivity index (χ2v) is 4.62. The molecule has 0 fully saturated rings. The van der Waals surface area contributed by atoms with E-state index in [9.17, 15) is 4.79 Å². The maximum absolute atomic E-state index is 12.0. The van der Waals surface area contributed by atoms with Gasteiger partial charge in [0.05, 0.1) is 6.04 Å². The van der Waals surface area contributed by atoms with E-state index in [1.54, 1.807) is 18.0 Å². The zero-order valence-corrected chi connectivity index (χ0v) is 11.2. The molecular weight excluding hydrogens is 224 g/mol. The second-order valence-electron chi connectivity index (χ2n) is 4.62. The first kappa shape index (κ1) is 14.5. The van der Waals surface area contributed by atoms with E-state index < -0.39 is 6.04 Å². The number of amides is 1. The van der Waals surface area contributed by atoms with Crippen LogP contribution < -0.4 is 5.73 Å². The van der Waals surface area contributed by atoms with Crippen molar-refractivity contribution in [3.63, 3.8) is 0 Å². The highest BCUT2D eigenvalue weighted by Gasteiger charge is 2.21. The van der Waals surface area contributed by atoms with Crippen LogP contribution in [0.25, 0.3) is 0 Å². The molecule has 2 N–H and O–H groups in total. The van der Waals surface area contributed by atoms with Gasteiger partial charge in [-0.25, -0.2) is 0 Å². The lowest BCUT2D eigenvalue weighted by Crippen LogP contribution is -2.46. The monoisotopic (exact) mass is 246 g/mol.